The van der Waals surface area contributed by atoms with Gasteiger partial charge in [-0.2, -0.15) is 4.98 Å². The fraction of sp³-hybridized carbons (Fsp3) is 0.522. The van der Waals surface area contributed by atoms with Gasteiger partial charge in [-0.3, -0.25) is 4.79 Å². The summed E-state index contributed by atoms with van der Waals surface area (Å²) in [5.41, 5.74) is 3.83. The van der Waals surface area contributed by atoms with Crippen LogP contribution in [-0.4, -0.2) is 48.0 Å². The number of rotatable bonds is 4. The van der Waals surface area contributed by atoms with Crippen LogP contribution < -0.4 is 15.1 Å². The Kier molecular flexibility index (Phi) is 4.64. The van der Waals surface area contributed by atoms with Crippen LogP contribution in [0.2, 0.25) is 0 Å². The maximum Gasteiger partial charge on any atom is 0.282 e. The van der Waals surface area contributed by atoms with Crippen molar-refractivity contribution in [1.82, 2.24) is 9.97 Å². The monoisotopic (exact) mass is 427 g/mol. The van der Waals surface area contributed by atoms with E-state index in [4.69, 9.17) is 0 Å². The maximum absolute atomic E-state index is 13.2. The number of halogens is 2. The van der Waals surface area contributed by atoms with E-state index in [0.29, 0.717) is 22.5 Å². The van der Waals surface area contributed by atoms with Crippen LogP contribution in [0.5, 0.6) is 0 Å². The van der Waals surface area contributed by atoms with E-state index in [2.05, 4.69) is 26.3 Å². The van der Waals surface area contributed by atoms with E-state index in [1.807, 2.05) is 19.1 Å². The van der Waals surface area contributed by atoms with E-state index >= 15 is 0 Å². The lowest BCUT2D eigenvalue weighted by atomic mass is 9.92. The minimum absolute atomic E-state index is 0.219. The summed E-state index contributed by atoms with van der Waals surface area (Å²) >= 11 is 0. The molecule has 0 radical (unpaired) electrons. The van der Waals surface area contributed by atoms with Crippen molar-refractivity contribution in [3.8, 4) is 0 Å². The van der Waals surface area contributed by atoms with Crippen LogP contribution in [0.15, 0.2) is 24.3 Å². The number of hydrogen-bond donors (Lipinski definition) is 1. The molecule has 3 fully saturated rings. The second-order valence-corrected chi connectivity index (χ2v) is 9.37. The third-order valence-corrected chi connectivity index (χ3v) is 6.73. The lowest BCUT2D eigenvalue weighted by molar-refractivity contribution is -0.0271. The third-order valence-electron chi connectivity index (χ3n) is 6.73. The number of alkyl halides is 2. The van der Waals surface area contributed by atoms with Gasteiger partial charge in [0.2, 0.25) is 5.95 Å². The molecule has 164 valence electrons. The Bertz CT molecular complexity index is 1020. The van der Waals surface area contributed by atoms with Gasteiger partial charge in [0.1, 0.15) is 5.82 Å². The van der Waals surface area contributed by atoms with Gasteiger partial charge in [0.05, 0.1) is 18.7 Å². The van der Waals surface area contributed by atoms with Crippen molar-refractivity contribution in [1.29, 1.82) is 0 Å². The summed E-state index contributed by atoms with van der Waals surface area (Å²) in [6.07, 6.45) is 5.02. The summed E-state index contributed by atoms with van der Waals surface area (Å²) in [4.78, 5) is 25.5. The first-order chi connectivity index (χ1) is 14.7. The average molecular weight is 427 g/mol. The Morgan fingerprint density at radius 2 is 1.71 bits per heavy atom. The maximum atomic E-state index is 13.2. The van der Waals surface area contributed by atoms with Crippen LogP contribution in [0.1, 0.15) is 47.3 Å². The molecule has 0 unspecified atom stereocenters. The molecule has 2 aromatic rings. The van der Waals surface area contributed by atoms with Gasteiger partial charge in [0.25, 0.3) is 11.8 Å². The zero-order chi connectivity index (χ0) is 21.8. The van der Waals surface area contributed by atoms with Crippen LogP contribution in [0, 0.1) is 19.3 Å². The standard InChI is InChI=1S/C23H27F2N5O/c1-15-3-4-17(18(11-15)29-9-7-22(5-6-22)8-10-29)20(31)27-19-12-16(2)26-21(28-19)30-13-23(24,25)14-30/h3-4,11-12H,5-10,13-14H2,1-2H3,(H,26,27,28,31). The van der Waals surface area contributed by atoms with Gasteiger partial charge in [0, 0.05) is 30.5 Å². The molecule has 1 spiro atoms. The summed E-state index contributed by atoms with van der Waals surface area (Å²) in [5, 5.41) is 2.86. The van der Waals surface area contributed by atoms with Crippen molar-refractivity contribution in [2.24, 2.45) is 5.41 Å². The van der Waals surface area contributed by atoms with Gasteiger partial charge in [-0.1, -0.05) is 6.07 Å². The SMILES string of the molecule is Cc1ccc(C(=O)Nc2cc(C)nc(N3CC(F)(F)C3)n2)c(N2CCC3(CC2)CC3)c1. The van der Waals surface area contributed by atoms with Gasteiger partial charge in [-0.05, 0) is 62.6 Å². The Morgan fingerprint density at radius 3 is 2.35 bits per heavy atom. The van der Waals surface area contributed by atoms with Crippen molar-refractivity contribution in [3.63, 3.8) is 0 Å². The topological polar surface area (TPSA) is 61.4 Å². The first-order valence-corrected chi connectivity index (χ1v) is 10.9. The molecule has 2 saturated heterocycles. The van der Waals surface area contributed by atoms with Crippen molar-refractivity contribution in [3.05, 3.63) is 41.1 Å². The lowest BCUT2D eigenvalue weighted by Crippen LogP contribution is -2.57. The van der Waals surface area contributed by atoms with Crippen LogP contribution in [0.4, 0.5) is 26.2 Å². The van der Waals surface area contributed by atoms with E-state index in [-0.39, 0.29) is 11.9 Å². The number of aryl methyl sites for hydroxylation is 2. The number of piperidine rings is 1. The first-order valence-electron chi connectivity index (χ1n) is 10.9. The number of anilines is 3. The molecule has 31 heavy (non-hydrogen) atoms. The predicted octanol–water partition coefficient (Wildman–Crippen LogP) is 4.18. The van der Waals surface area contributed by atoms with E-state index < -0.39 is 19.0 Å². The molecular formula is C23H27F2N5O. The lowest BCUT2D eigenvalue weighted by Gasteiger charge is -2.38. The van der Waals surface area contributed by atoms with Gasteiger partial charge < -0.3 is 15.1 Å². The third kappa shape index (κ3) is 4.07. The minimum Gasteiger partial charge on any atom is -0.371 e. The largest absolute Gasteiger partial charge is 0.371 e. The van der Waals surface area contributed by atoms with Gasteiger partial charge >= 0.3 is 0 Å². The van der Waals surface area contributed by atoms with E-state index in [1.54, 1.807) is 13.0 Å². The number of carbonyl (C=O) groups is 1. The highest BCUT2D eigenvalue weighted by Crippen LogP contribution is 2.54. The molecule has 0 bridgehead atoms. The smallest absolute Gasteiger partial charge is 0.282 e. The first kappa shape index (κ1) is 20.2. The average Bonchev–Trinajstić information content (AvgIpc) is 3.45. The molecule has 1 aromatic carbocycles. The number of hydrogen-bond acceptors (Lipinski definition) is 5. The van der Waals surface area contributed by atoms with Crippen LogP contribution in [-0.2, 0) is 0 Å². The highest BCUT2D eigenvalue weighted by molar-refractivity contribution is 6.08. The number of amides is 1. The molecular weight excluding hydrogens is 400 g/mol. The number of benzene rings is 1. The Balaban J connectivity index is 1.35. The number of nitrogens with zero attached hydrogens (tertiary/aromatic N) is 4. The molecule has 8 heteroatoms. The number of nitrogens with one attached hydrogen (secondary N) is 1. The van der Waals surface area contributed by atoms with Crippen molar-refractivity contribution in [2.45, 2.75) is 45.5 Å². The molecule has 6 nitrogen and oxygen atoms in total. The predicted molar refractivity (Wildman–Crippen MR) is 116 cm³/mol. The molecule has 1 N–H and O–H groups in total. The normalized spacial score (nSPS) is 21.0. The van der Waals surface area contributed by atoms with Gasteiger partial charge in [-0.25, -0.2) is 13.8 Å². The number of aromatic nitrogens is 2. The molecule has 5 rings (SSSR count). The van der Waals surface area contributed by atoms with Crippen LogP contribution in [0.3, 0.4) is 0 Å². The van der Waals surface area contributed by atoms with Crippen LogP contribution >= 0.6 is 0 Å². The fourth-order valence-corrected chi connectivity index (χ4v) is 4.59. The second kappa shape index (κ2) is 7.14. The summed E-state index contributed by atoms with van der Waals surface area (Å²) in [6, 6.07) is 7.51. The molecule has 0 atom stereocenters. The molecule has 3 heterocycles. The van der Waals surface area contributed by atoms with Gasteiger partial charge in [0.15, 0.2) is 0 Å². The Morgan fingerprint density at radius 1 is 1.00 bits per heavy atom. The summed E-state index contributed by atoms with van der Waals surface area (Å²) < 4.78 is 26.5. The van der Waals surface area contributed by atoms with Crippen LogP contribution in [0.25, 0.3) is 0 Å². The highest BCUT2D eigenvalue weighted by atomic mass is 19.3. The quantitative estimate of drug-likeness (QED) is 0.793. The van der Waals surface area contributed by atoms with Gasteiger partial charge in [-0.15, -0.1) is 0 Å². The highest BCUT2D eigenvalue weighted by Gasteiger charge is 2.46. The molecule has 3 aliphatic rings. The fourth-order valence-electron chi connectivity index (χ4n) is 4.59. The minimum atomic E-state index is -2.71. The van der Waals surface area contributed by atoms with Crippen molar-refractivity contribution in [2.75, 3.05) is 41.3 Å². The summed E-state index contributed by atoms with van der Waals surface area (Å²) in [7, 11) is 0. The Labute approximate surface area is 180 Å². The molecule has 1 aliphatic carbocycles. The van der Waals surface area contributed by atoms with Crippen molar-refractivity contribution >= 4 is 23.4 Å². The number of carbonyl (C=O) groups excluding carboxylic acids is 1. The molecule has 1 aromatic heterocycles. The van der Waals surface area contributed by atoms with Crippen molar-refractivity contribution < 1.29 is 13.6 Å². The molecule has 2 aliphatic heterocycles. The van der Waals surface area contributed by atoms with E-state index in [0.717, 1.165) is 24.3 Å². The van der Waals surface area contributed by atoms with E-state index in [9.17, 15) is 13.6 Å². The van der Waals surface area contributed by atoms with E-state index in [1.165, 1.54) is 30.6 Å². The zero-order valence-electron chi connectivity index (χ0n) is 17.9. The molecule has 1 amide bonds. The second-order valence-electron chi connectivity index (χ2n) is 9.37. The zero-order valence-corrected chi connectivity index (χ0v) is 17.9. The summed E-state index contributed by atoms with van der Waals surface area (Å²) in [6.45, 7) is 4.91. The summed E-state index contributed by atoms with van der Waals surface area (Å²) in [5.74, 6) is -2.42. The molecule has 1 saturated carbocycles. The Hall–Kier alpha value is -2.77.